The fourth-order valence-electron chi connectivity index (χ4n) is 2.43. The van der Waals surface area contributed by atoms with E-state index in [4.69, 9.17) is 0 Å². The molecule has 0 aliphatic carbocycles. The van der Waals surface area contributed by atoms with Gasteiger partial charge in [-0.05, 0) is 44.1 Å². The summed E-state index contributed by atoms with van der Waals surface area (Å²) in [5.74, 6) is -0.355. The summed E-state index contributed by atoms with van der Waals surface area (Å²) in [7, 11) is 4.00. The molecule has 25 heavy (non-hydrogen) atoms. The smallest absolute Gasteiger partial charge is 0.262 e. The third kappa shape index (κ3) is 6.68. The molecule has 1 atom stereocenters. The minimum atomic E-state index is -0.587. The number of nitrogens with one attached hydrogen (secondary N) is 2. The van der Waals surface area contributed by atoms with E-state index in [1.54, 1.807) is 6.07 Å². The highest BCUT2D eigenvalue weighted by Gasteiger charge is 2.22. The van der Waals surface area contributed by atoms with Gasteiger partial charge in [0.15, 0.2) is 0 Å². The molecule has 5 nitrogen and oxygen atoms in total. The van der Waals surface area contributed by atoms with Crippen LogP contribution >= 0.6 is 11.3 Å². The van der Waals surface area contributed by atoms with Crippen molar-refractivity contribution < 1.29 is 9.59 Å². The minimum absolute atomic E-state index is 0.146. The summed E-state index contributed by atoms with van der Waals surface area (Å²) < 4.78 is 0. The standard InChI is InChI=1S/C19H25N3O2S/c1-22(2)12-7-11-20-18(23)16(14-15-8-4-3-5-9-15)21-19(24)17-10-6-13-25-17/h3-6,8-10,13,16H,7,11-12,14H2,1-2H3,(H,20,23)(H,21,24). The van der Waals surface area contributed by atoms with Crippen molar-refractivity contribution in [1.82, 2.24) is 15.5 Å². The second-order valence-electron chi connectivity index (χ2n) is 6.14. The van der Waals surface area contributed by atoms with Gasteiger partial charge in [0.05, 0.1) is 4.88 Å². The molecule has 2 rings (SSSR count). The van der Waals surface area contributed by atoms with Gasteiger partial charge >= 0.3 is 0 Å². The molecule has 1 aromatic heterocycles. The minimum Gasteiger partial charge on any atom is -0.354 e. The zero-order chi connectivity index (χ0) is 18.1. The van der Waals surface area contributed by atoms with Crippen LogP contribution in [0.3, 0.4) is 0 Å². The highest BCUT2D eigenvalue weighted by Crippen LogP contribution is 2.10. The van der Waals surface area contributed by atoms with Crippen LogP contribution in [-0.2, 0) is 11.2 Å². The number of thiophene rings is 1. The molecule has 1 heterocycles. The number of carbonyl (C=O) groups excluding carboxylic acids is 2. The zero-order valence-corrected chi connectivity index (χ0v) is 15.5. The van der Waals surface area contributed by atoms with E-state index in [0.717, 1.165) is 18.5 Å². The van der Waals surface area contributed by atoms with Crippen molar-refractivity contribution in [1.29, 1.82) is 0 Å². The van der Waals surface area contributed by atoms with Gasteiger partial charge in [0.1, 0.15) is 6.04 Å². The van der Waals surface area contributed by atoms with E-state index in [0.29, 0.717) is 17.8 Å². The average Bonchev–Trinajstić information content (AvgIpc) is 3.13. The Labute approximate surface area is 153 Å². The Hall–Kier alpha value is -2.18. The molecule has 6 heteroatoms. The molecule has 0 fully saturated rings. The third-order valence-electron chi connectivity index (χ3n) is 3.73. The molecule has 0 saturated carbocycles. The predicted molar refractivity (Wildman–Crippen MR) is 102 cm³/mol. The maximum absolute atomic E-state index is 12.6. The van der Waals surface area contributed by atoms with E-state index in [2.05, 4.69) is 15.5 Å². The first kappa shape index (κ1) is 19.1. The van der Waals surface area contributed by atoms with E-state index in [1.807, 2.05) is 55.9 Å². The summed E-state index contributed by atoms with van der Waals surface area (Å²) in [4.78, 5) is 27.6. The summed E-state index contributed by atoms with van der Waals surface area (Å²) in [6.07, 6.45) is 1.34. The highest BCUT2D eigenvalue weighted by atomic mass is 32.1. The van der Waals surface area contributed by atoms with Gasteiger partial charge in [0.2, 0.25) is 5.91 Å². The third-order valence-corrected chi connectivity index (χ3v) is 4.60. The Balaban J connectivity index is 1.98. The van der Waals surface area contributed by atoms with Crippen molar-refractivity contribution in [3.05, 3.63) is 58.3 Å². The number of carbonyl (C=O) groups is 2. The van der Waals surface area contributed by atoms with Crippen molar-refractivity contribution >= 4 is 23.2 Å². The van der Waals surface area contributed by atoms with E-state index in [9.17, 15) is 9.59 Å². The van der Waals surface area contributed by atoms with Gasteiger partial charge in [-0.3, -0.25) is 9.59 Å². The number of nitrogens with zero attached hydrogens (tertiary/aromatic N) is 1. The number of amides is 2. The summed E-state index contributed by atoms with van der Waals surface area (Å²) in [6.45, 7) is 1.50. The molecular formula is C19H25N3O2S. The molecule has 0 bridgehead atoms. The van der Waals surface area contributed by atoms with E-state index in [1.165, 1.54) is 11.3 Å². The van der Waals surface area contributed by atoms with Crippen molar-refractivity contribution in [2.24, 2.45) is 0 Å². The molecule has 1 aromatic carbocycles. The first-order valence-electron chi connectivity index (χ1n) is 8.37. The van der Waals surface area contributed by atoms with Gasteiger partial charge in [0.25, 0.3) is 5.91 Å². The lowest BCUT2D eigenvalue weighted by Gasteiger charge is -2.19. The molecule has 2 aromatic rings. The number of rotatable bonds is 9. The normalized spacial score (nSPS) is 12.0. The quantitative estimate of drug-likeness (QED) is 0.675. The van der Waals surface area contributed by atoms with Gasteiger partial charge < -0.3 is 15.5 Å². The lowest BCUT2D eigenvalue weighted by Crippen LogP contribution is -2.48. The monoisotopic (exact) mass is 359 g/mol. The van der Waals surface area contributed by atoms with Gasteiger partial charge in [0, 0.05) is 13.0 Å². The molecular weight excluding hydrogens is 334 g/mol. The largest absolute Gasteiger partial charge is 0.354 e. The molecule has 0 spiro atoms. The van der Waals surface area contributed by atoms with Gasteiger partial charge in [-0.2, -0.15) is 0 Å². The number of hydrogen-bond acceptors (Lipinski definition) is 4. The molecule has 2 N–H and O–H groups in total. The Bertz CT molecular complexity index is 657. The lowest BCUT2D eigenvalue weighted by atomic mass is 10.1. The topological polar surface area (TPSA) is 61.4 Å². The number of hydrogen-bond donors (Lipinski definition) is 2. The summed E-state index contributed by atoms with van der Waals surface area (Å²) in [5, 5.41) is 7.65. The molecule has 0 aliphatic heterocycles. The van der Waals surface area contributed by atoms with Crippen LogP contribution in [0.25, 0.3) is 0 Å². The maximum Gasteiger partial charge on any atom is 0.262 e. The Morgan fingerprint density at radius 3 is 2.52 bits per heavy atom. The van der Waals surface area contributed by atoms with Gasteiger partial charge in [-0.25, -0.2) is 0 Å². The Morgan fingerprint density at radius 1 is 1.12 bits per heavy atom. The van der Waals surface area contributed by atoms with Crippen LogP contribution in [0.1, 0.15) is 21.7 Å². The Morgan fingerprint density at radius 2 is 1.88 bits per heavy atom. The van der Waals surface area contributed by atoms with Crippen molar-refractivity contribution in [2.45, 2.75) is 18.9 Å². The molecule has 0 radical (unpaired) electrons. The molecule has 134 valence electrons. The summed E-state index contributed by atoms with van der Waals surface area (Å²) in [5.41, 5.74) is 1.02. The van der Waals surface area contributed by atoms with Crippen LogP contribution in [0.4, 0.5) is 0 Å². The molecule has 1 unspecified atom stereocenters. The fourth-order valence-corrected chi connectivity index (χ4v) is 3.05. The van der Waals surface area contributed by atoms with Crippen molar-refractivity contribution in [2.75, 3.05) is 27.2 Å². The fraction of sp³-hybridized carbons (Fsp3) is 0.368. The van der Waals surface area contributed by atoms with Crippen LogP contribution in [0.5, 0.6) is 0 Å². The predicted octanol–water partition coefficient (Wildman–Crippen LogP) is 2.16. The molecule has 2 amide bonds. The second-order valence-corrected chi connectivity index (χ2v) is 7.09. The van der Waals surface area contributed by atoms with Crippen LogP contribution in [0.15, 0.2) is 47.8 Å². The van der Waals surface area contributed by atoms with Crippen LogP contribution in [-0.4, -0.2) is 49.9 Å². The SMILES string of the molecule is CN(C)CCCNC(=O)C(Cc1ccccc1)NC(=O)c1cccs1. The van der Waals surface area contributed by atoms with Crippen molar-refractivity contribution in [3.8, 4) is 0 Å². The maximum atomic E-state index is 12.6. The van der Waals surface area contributed by atoms with Crippen LogP contribution in [0, 0.1) is 0 Å². The van der Waals surface area contributed by atoms with Crippen LogP contribution in [0.2, 0.25) is 0 Å². The van der Waals surface area contributed by atoms with E-state index >= 15 is 0 Å². The van der Waals surface area contributed by atoms with Crippen molar-refractivity contribution in [3.63, 3.8) is 0 Å². The number of benzene rings is 1. The summed E-state index contributed by atoms with van der Waals surface area (Å²) >= 11 is 1.37. The molecule has 0 saturated heterocycles. The Kier molecular flexibility index (Phi) is 7.63. The lowest BCUT2D eigenvalue weighted by molar-refractivity contribution is -0.122. The average molecular weight is 359 g/mol. The van der Waals surface area contributed by atoms with Gasteiger partial charge in [-0.15, -0.1) is 11.3 Å². The highest BCUT2D eigenvalue weighted by molar-refractivity contribution is 7.12. The first-order chi connectivity index (χ1) is 12.1. The molecule has 0 aliphatic rings. The first-order valence-corrected chi connectivity index (χ1v) is 9.25. The summed E-state index contributed by atoms with van der Waals surface area (Å²) in [6, 6.07) is 12.7. The second kappa shape index (κ2) is 9.96. The van der Waals surface area contributed by atoms with E-state index in [-0.39, 0.29) is 11.8 Å². The van der Waals surface area contributed by atoms with Gasteiger partial charge in [-0.1, -0.05) is 36.4 Å². The van der Waals surface area contributed by atoms with E-state index < -0.39 is 6.04 Å². The zero-order valence-electron chi connectivity index (χ0n) is 14.7. The van der Waals surface area contributed by atoms with Crippen LogP contribution < -0.4 is 10.6 Å².